The molecule has 1 aliphatic rings. The number of aromatic nitrogens is 1. The third kappa shape index (κ3) is 3.73. The zero-order valence-corrected chi connectivity index (χ0v) is 17.8. The van der Waals surface area contributed by atoms with Gasteiger partial charge in [-0.15, -0.1) is 17.9 Å². The summed E-state index contributed by atoms with van der Waals surface area (Å²) in [5.41, 5.74) is 2.47. The molecule has 0 aliphatic carbocycles. The molecule has 0 bridgehead atoms. The van der Waals surface area contributed by atoms with Crippen LogP contribution in [0.5, 0.6) is 5.75 Å². The number of nitrogens with zero attached hydrogens (tertiary/aromatic N) is 2. The number of aryl methyl sites for hydroxylation is 1. The van der Waals surface area contributed by atoms with Gasteiger partial charge in [0.1, 0.15) is 5.75 Å². The Morgan fingerprint density at radius 3 is 2.55 bits per heavy atom. The molecular weight excluding hydrogens is 414 g/mol. The number of ether oxygens (including phenoxy) is 1. The highest BCUT2D eigenvalue weighted by Crippen LogP contribution is 2.32. The minimum Gasteiger partial charge on any atom is -0.497 e. The first-order valence-electron chi connectivity index (χ1n) is 9.47. The van der Waals surface area contributed by atoms with Gasteiger partial charge in [0.15, 0.2) is 5.13 Å². The molecular formula is C23H19N3O4S. The topological polar surface area (TPSA) is 88.6 Å². The van der Waals surface area contributed by atoms with E-state index in [4.69, 9.17) is 4.74 Å². The van der Waals surface area contributed by atoms with Crippen molar-refractivity contribution in [3.05, 3.63) is 76.7 Å². The van der Waals surface area contributed by atoms with Crippen LogP contribution in [0.1, 0.15) is 36.0 Å². The van der Waals surface area contributed by atoms with Crippen LogP contribution in [0.3, 0.4) is 0 Å². The second-order valence-corrected chi connectivity index (χ2v) is 8.08. The average molecular weight is 433 g/mol. The normalized spacial score (nSPS) is 12.6. The van der Waals surface area contributed by atoms with Crippen molar-refractivity contribution < 1.29 is 19.1 Å². The molecule has 156 valence electrons. The first-order chi connectivity index (χ1) is 14.9. The summed E-state index contributed by atoms with van der Waals surface area (Å²) in [4.78, 5) is 44.2. The number of fused-ring (bicyclic) bond motifs is 1. The Labute approximate surface area is 183 Å². The van der Waals surface area contributed by atoms with E-state index in [-0.39, 0.29) is 29.1 Å². The number of carbonyl (C=O) groups is 3. The summed E-state index contributed by atoms with van der Waals surface area (Å²) in [5, 5.41) is 3.23. The van der Waals surface area contributed by atoms with E-state index in [0.29, 0.717) is 5.13 Å². The number of thiazole rings is 1. The predicted molar refractivity (Wildman–Crippen MR) is 119 cm³/mol. The predicted octanol–water partition coefficient (Wildman–Crippen LogP) is 4.16. The fourth-order valence-corrected chi connectivity index (χ4v) is 4.19. The van der Waals surface area contributed by atoms with E-state index in [1.807, 2.05) is 31.2 Å². The molecule has 1 aliphatic heterocycles. The molecule has 0 atom stereocenters. The molecule has 4 rings (SSSR count). The summed E-state index contributed by atoms with van der Waals surface area (Å²) >= 11 is 1.36. The number of nitrogens with one attached hydrogen (secondary N) is 1. The van der Waals surface area contributed by atoms with Gasteiger partial charge in [-0.3, -0.25) is 24.6 Å². The van der Waals surface area contributed by atoms with Crippen LogP contribution in [0, 0.1) is 6.92 Å². The lowest BCUT2D eigenvalue weighted by atomic mass is 10.1. The van der Waals surface area contributed by atoms with E-state index in [9.17, 15) is 14.4 Å². The molecule has 0 saturated heterocycles. The molecule has 8 heteroatoms. The van der Waals surface area contributed by atoms with Crippen molar-refractivity contribution in [3.63, 3.8) is 0 Å². The molecule has 1 N–H and O–H groups in total. The highest BCUT2D eigenvalue weighted by atomic mass is 32.1. The number of carbonyl (C=O) groups excluding carboxylic acids is 3. The minimum atomic E-state index is -0.429. The highest BCUT2D eigenvalue weighted by Gasteiger charge is 2.35. The molecule has 2 aromatic carbocycles. The quantitative estimate of drug-likeness (QED) is 0.466. The molecule has 31 heavy (non-hydrogen) atoms. The van der Waals surface area contributed by atoms with E-state index in [1.54, 1.807) is 7.11 Å². The molecule has 2 heterocycles. The van der Waals surface area contributed by atoms with E-state index < -0.39 is 11.8 Å². The van der Waals surface area contributed by atoms with E-state index in [1.165, 1.54) is 35.6 Å². The van der Waals surface area contributed by atoms with Gasteiger partial charge in [-0.05, 0) is 49.4 Å². The van der Waals surface area contributed by atoms with Crippen LogP contribution in [-0.2, 0) is 0 Å². The third-order valence-corrected chi connectivity index (χ3v) is 5.81. The van der Waals surface area contributed by atoms with Crippen molar-refractivity contribution in [2.75, 3.05) is 19.0 Å². The van der Waals surface area contributed by atoms with Crippen LogP contribution in [-0.4, -0.2) is 41.3 Å². The van der Waals surface area contributed by atoms with Gasteiger partial charge in [-0.2, -0.15) is 0 Å². The monoisotopic (exact) mass is 433 g/mol. The van der Waals surface area contributed by atoms with Gasteiger partial charge in [0.25, 0.3) is 17.7 Å². The largest absolute Gasteiger partial charge is 0.497 e. The van der Waals surface area contributed by atoms with Gasteiger partial charge in [0.2, 0.25) is 0 Å². The Kier molecular flexibility index (Phi) is 5.39. The van der Waals surface area contributed by atoms with Crippen LogP contribution in [0.15, 0.2) is 55.1 Å². The Balaban J connectivity index is 1.55. The van der Waals surface area contributed by atoms with Crippen molar-refractivity contribution in [2.24, 2.45) is 0 Å². The van der Waals surface area contributed by atoms with Gasteiger partial charge in [-0.25, -0.2) is 4.98 Å². The molecule has 0 unspecified atom stereocenters. The number of methoxy groups -OCH3 is 1. The molecule has 0 radical (unpaired) electrons. The van der Waals surface area contributed by atoms with E-state index in [0.717, 1.165) is 26.8 Å². The zero-order chi connectivity index (χ0) is 22.1. The number of hydrogen-bond donors (Lipinski definition) is 1. The van der Waals surface area contributed by atoms with Crippen molar-refractivity contribution >= 4 is 34.2 Å². The summed E-state index contributed by atoms with van der Waals surface area (Å²) in [6.07, 6.45) is 1.49. The van der Waals surface area contributed by atoms with Crippen molar-refractivity contribution in [1.29, 1.82) is 0 Å². The third-order valence-electron chi connectivity index (χ3n) is 4.93. The molecule has 7 nitrogen and oxygen atoms in total. The zero-order valence-electron chi connectivity index (χ0n) is 17.0. The fourth-order valence-electron chi connectivity index (χ4n) is 3.36. The van der Waals surface area contributed by atoms with Gasteiger partial charge < -0.3 is 4.74 Å². The summed E-state index contributed by atoms with van der Waals surface area (Å²) in [6, 6.07) is 12.0. The maximum atomic E-state index is 12.8. The molecule has 0 spiro atoms. The summed E-state index contributed by atoms with van der Waals surface area (Å²) in [5.74, 6) is -0.463. The summed E-state index contributed by atoms with van der Waals surface area (Å²) in [6.45, 7) is 5.62. The fraction of sp³-hybridized carbons (Fsp3) is 0.130. The number of benzene rings is 2. The molecule has 0 saturated carbocycles. The average Bonchev–Trinajstić information content (AvgIpc) is 3.26. The SMILES string of the molecule is C=CCN1C(=O)c2ccc(C(=O)Nc3nc(-c4ccc(OC)cc4)c(C)s3)cc2C1=O. The Bertz CT molecular complexity index is 1210. The lowest BCUT2D eigenvalue weighted by Gasteiger charge is -2.09. The second kappa shape index (κ2) is 8.16. The maximum Gasteiger partial charge on any atom is 0.261 e. The lowest BCUT2D eigenvalue weighted by molar-refractivity contribution is 0.0672. The highest BCUT2D eigenvalue weighted by molar-refractivity contribution is 7.16. The standard InChI is InChI=1S/C23H19N3O4S/c1-4-11-26-21(28)17-10-7-15(12-18(17)22(26)29)20(27)25-23-24-19(13(2)31-23)14-5-8-16(30-3)9-6-14/h4-10,12H,1,11H2,2-3H3,(H,24,25,27). The lowest BCUT2D eigenvalue weighted by Crippen LogP contribution is -2.29. The summed E-state index contributed by atoms with van der Waals surface area (Å²) in [7, 11) is 1.61. The Morgan fingerprint density at radius 2 is 1.87 bits per heavy atom. The van der Waals surface area contributed by atoms with E-state index in [2.05, 4.69) is 16.9 Å². The van der Waals surface area contributed by atoms with Crippen molar-refractivity contribution in [3.8, 4) is 17.0 Å². The van der Waals surface area contributed by atoms with Crippen LogP contribution >= 0.6 is 11.3 Å². The van der Waals surface area contributed by atoms with Gasteiger partial charge in [0.05, 0.1) is 23.9 Å². The first kappa shape index (κ1) is 20.5. The van der Waals surface area contributed by atoms with Crippen LogP contribution in [0.4, 0.5) is 5.13 Å². The van der Waals surface area contributed by atoms with Gasteiger partial charge >= 0.3 is 0 Å². The summed E-state index contributed by atoms with van der Waals surface area (Å²) < 4.78 is 5.18. The maximum absolute atomic E-state index is 12.8. The molecule has 0 fully saturated rings. The number of anilines is 1. The smallest absolute Gasteiger partial charge is 0.261 e. The minimum absolute atomic E-state index is 0.125. The number of hydrogen-bond acceptors (Lipinski definition) is 6. The molecule has 1 aromatic heterocycles. The van der Waals surface area contributed by atoms with Crippen LogP contribution in [0.2, 0.25) is 0 Å². The van der Waals surface area contributed by atoms with Crippen LogP contribution in [0.25, 0.3) is 11.3 Å². The molecule has 3 amide bonds. The number of imide groups is 1. The van der Waals surface area contributed by atoms with Crippen molar-refractivity contribution in [1.82, 2.24) is 9.88 Å². The second-order valence-electron chi connectivity index (χ2n) is 6.88. The Hall–Kier alpha value is -3.78. The van der Waals surface area contributed by atoms with Gasteiger partial charge in [-0.1, -0.05) is 6.08 Å². The molecule has 3 aromatic rings. The number of amides is 3. The number of rotatable bonds is 6. The van der Waals surface area contributed by atoms with Gasteiger partial charge in [0, 0.05) is 22.5 Å². The first-order valence-corrected chi connectivity index (χ1v) is 10.3. The van der Waals surface area contributed by atoms with Crippen LogP contribution < -0.4 is 10.1 Å². The van der Waals surface area contributed by atoms with Crippen molar-refractivity contribution in [2.45, 2.75) is 6.92 Å². The van der Waals surface area contributed by atoms with E-state index >= 15 is 0 Å². The Morgan fingerprint density at radius 1 is 1.16 bits per heavy atom.